The first-order valence-corrected chi connectivity index (χ1v) is 10.8. The van der Waals surface area contributed by atoms with Gasteiger partial charge in [0.2, 0.25) is 5.91 Å². The van der Waals surface area contributed by atoms with E-state index in [9.17, 15) is 9.59 Å². The number of nitrogens with zero attached hydrogens (tertiary/aromatic N) is 3. The molecule has 0 radical (unpaired) electrons. The van der Waals surface area contributed by atoms with E-state index in [-0.39, 0.29) is 17.7 Å². The Morgan fingerprint density at radius 2 is 1.86 bits per heavy atom. The van der Waals surface area contributed by atoms with Gasteiger partial charge in [-0.3, -0.25) is 9.59 Å². The zero-order chi connectivity index (χ0) is 19.8. The van der Waals surface area contributed by atoms with Crippen LogP contribution in [0.2, 0.25) is 0 Å². The summed E-state index contributed by atoms with van der Waals surface area (Å²) in [5.74, 6) is 0.254. The molecule has 1 aliphatic carbocycles. The third kappa shape index (κ3) is 3.58. The van der Waals surface area contributed by atoms with Gasteiger partial charge in [0.25, 0.3) is 5.91 Å². The third-order valence-electron chi connectivity index (χ3n) is 5.74. The van der Waals surface area contributed by atoms with Crippen LogP contribution >= 0.6 is 11.3 Å². The lowest BCUT2D eigenvalue weighted by molar-refractivity contribution is -0.122. The van der Waals surface area contributed by atoms with E-state index in [1.807, 2.05) is 58.3 Å². The molecule has 2 aromatic heterocycles. The van der Waals surface area contributed by atoms with Crippen LogP contribution in [0.15, 0.2) is 48.8 Å². The Balaban J connectivity index is 1.26. The molecule has 1 saturated carbocycles. The molecule has 5 rings (SSSR count). The van der Waals surface area contributed by atoms with Crippen LogP contribution in [-0.4, -0.2) is 32.8 Å². The molecular formula is C22H22N4O2S. The maximum Gasteiger partial charge on any atom is 0.254 e. The molecule has 0 unspecified atom stereocenters. The number of carbonyl (C=O) groups excluding carboxylic acids is 2. The average molecular weight is 407 g/mol. The van der Waals surface area contributed by atoms with Crippen LogP contribution in [0.1, 0.15) is 40.2 Å². The van der Waals surface area contributed by atoms with Crippen LogP contribution in [-0.2, 0) is 17.8 Å². The van der Waals surface area contributed by atoms with E-state index >= 15 is 0 Å². The van der Waals surface area contributed by atoms with Gasteiger partial charge in [-0.25, -0.2) is 4.98 Å². The Labute approximate surface area is 173 Å². The fourth-order valence-electron chi connectivity index (χ4n) is 3.77. The number of carbonyl (C=O) groups is 2. The minimum Gasteiger partial charge on any atom is -0.333 e. The van der Waals surface area contributed by atoms with Crippen LogP contribution < -0.4 is 5.32 Å². The summed E-state index contributed by atoms with van der Waals surface area (Å²) < 4.78 is 2.01. The van der Waals surface area contributed by atoms with Crippen molar-refractivity contribution in [2.45, 2.75) is 32.2 Å². The summed E-state index contributed by atoms with van der Waals surface area (Å²) in [7, 11) is 0. The summed E-state index contributed by atoms with van der Waals surface area (Å²) >= 11 is 1.49. The van der Waals surface area contributed by atoms with Gasteiger partial charge in [-0.05, 0) is 49.2 Å². The van der Waals surface area contributed by atoms with Crippen molar-refractivity contribution in [1.29, 1.82) is 0 Å². The summed E-state index contributed by atoms with van der Waals surface area (Å²) in [5, 5.41) is 3.62. The van der Waals surface area contributed by atoms with E-state index in [2.05, 4.69) is 10.3 Å². The standard InChI is InChI=1S/C22H22N4O2S/c27-20(15-4-3-5-15)24-22-23-18-10-13-26(14-19(18)29-22)21(28)16-6-8-17(9-7-16)25-11-1-2-12-25/h1-2,6-9,11-12,15H,3-5,10,13-14H2,(H,23,24,27). The topological polar surface area (TPSA) is 67.2 Å². The van der Waals surface area contributed by atoms with Crippen molar-refractivity contribution in [2.24, 2.45) is 5.92 Å². The fourth-order valence-corrected chi connectivity index (χ4v) is 4.79. The number of hydrogen-bond acceptors (Lipinski definition) is 4. The zero-order valence-corrected chi connectivity index (χ0v) is 16.8. The van der Waals surface area contributed by atoms with Crippen LogP contribution in [0.3, 0.4) is 0 Å². The van der Waals surface area contributed by atoms with E-state index in [1.165, 1.54) is 11.3 Å². The Morgan fingerprint density at radius 1 is 1.10 bits per heavy atom. The van der Waals surface area contributed by atoms with Crippen molar-refractivity contribution in [1.82, 2.24) is 14.5 Å². The molecule has 29 heavy (non-hydrogen) atoms. The van der Waals surface area contributed by atoms with Gasteiger partial charge in [0, 0.05) is 47.4 Å². The van der Waals surface area contributed by atoms with Crippen molar-refractivity contribution >= 4 is 28.3 Å². The maximum absolute atomic E-state index is 13.0. The second kappa shape index (κ2) is 7.48. The largest absolute Gasteiger partial charge is 0.333 e. The quantitative estimate of drug-likeness (QED) is 0.715. The van der Waals surface area contributed by atoms with Gasteiger partial charge < -0.3 is 14.8 Å². The van der Waals surface area contributed by atoms with Crippen molar-refractivity contribution < 1.29 is 9.59 Å². The van der Waals surface area contributed by atoms with Crippen molar-refractivity contribution in [2.75, 3.05) is 11.9 Å². The van der Waals surface area contributed by atoms with Gasteiger partial charge in [0.1, 0.15) is 0 Å². The van der Waals surface area contributed by atoms with Gasteiger partial charge in [-0.1, -0.05) is 17.8 Å². The van der Waals surface area contributed by atoms with Crippen LogP contribution in [0.25, 0.3) is 5.69 Å². The molecule has 0 spiro atoms. The normalized spacial score (nSPS) is 16.2. The molecule has 1 aliphatic heterocycles. The molecule has 0 bridgehead atoms. The molecule has 3 heterocycles. The number of fused-ring (bicyclic) bond motifs is 1. The average Bonchev–Trinajstić information content (AvgIpc) is 3.35. The minimum absolute atomic E-state index is 0.0307. The number of thiazole rings is 1. The highest BCUT2D eigenvalue weighted by molar-refractivity contribution is 7.15. The van der Waals surface area contributed by atoms with Crippen molar-refractivity contribution in [3.8, 4) is 5.69 Å². The maximum atomic E-state index is 13.0. The molecule has 1 aromatic carbocycles. The highest BCUT2D eigenvalue weighted by atomic mass is 32.1. The van der Waals surface area contributed by atoms with Crippen molar-refractivity contribution in [3.05, 3.63) is 64.9 Å². The number of rotatable bonds is 4. The summed E-state index contributed by atoms with van der Waals surface area (Å²) in [6.07, 6.45) is 7.77. The summed E-state index contributed by atoms with van der Waals surface area (Å²) in [6.45, 7) is 1.19. The van der Waals surface area contributed by atoms with Crippen molar-refractivity contribution in [3.63, 3.8) is 0 Å². The number of nitrogens with one attached hydrogen (secondary N) is 1. The lowest BCUT2D eigenvalue weighted by atomic mass is 9.85. The molecule has 6 nitrogen and oxygen atoms in total. The predicted octanol–water partition coefficient (Wildman–Crippen LogP) is 3.87. The molecule has 2 amide bonds. The first-order chi connectivity index (χ1) is 14.2. The molecule has 0 saturated heterocycles. The van der Waals surface area contributed by atoms with Crippen LogP contribution in [0.4, 0.5) is 5.13 Å². The molecule has 7 heteroatoms. The monoisotopic (exact) mass is 406 g/mol. The lowest BCUT2D eigenvalue weighted by Gasteiger charge is -2.26. The Morgan fingerprint density at radius 3 is 2.55 bits per heavy atom. The summed E-state index contributed by atoms with van der Waals surface area (Å²) in [5.41, 5.74) is 2.72. The minimum atomic E-state index is 0.0307. The molecular weight excluding hydrogens is 384 g/mol. The summed E-state index contributed by atoms with van der Waals surface area (Å²) in [6, 6.07) is 11.6. The zero-order valence-electron chi connectivity index (χ0n) is 16.0. The van der Waals surface area contributed by atoms with E-state index in [0.717, 1.165) is 41.9 Å². The highest BCUT2D eigenvalue weighted by Gasteiger charge is 2.28. The first-order valence-electron chi connectivity index (χ1n) is 9.99. The molecule has 148 valence electrons. The molecule has 0 atom stereocenters. The van der Waals surface area contributed by atoms with Gasteiger partial charge in [-0.15, -0.1) is 0 Å². The first kappa shape index (κ1) is 18.1. The third-order valence-corrected chi connectivity index (χ3v) is 6.74. The second-order valence-corrected chi connectivity index (χ2v) is 8.70. The van der Waals surface area contributed by atoms with Gasteiger partial charge in [0.05, 0.1) is 12.2 Å². The Hall–Kier alpha value is -2.93. The van der Waals surface area contributed by atoms with Crippen LogP contribution in [0.5, 0.6) is 0 Å². The Bertz CT molecular complexity index is 1040. The number of benzene rings is 1. The van der Waals surface area contributed by atoms with Gasteiger partial charge >= 0.3 is 0 Å². The number of hydrogen-bond donors (Lipinski definition) is 1. The molecule has 1 fully saturated rings. The number of aromatic nitrogens is 2. The Kier molecular flexibility index (Phi) is 4.67. The molecule has 2 aliphatic rings. The highest BCUT2D eigenvalue weighted by Crippen LogP contribution is 2.32. The number of anilines is 1. The SMILES string of the molecule is O=C(Nc1nc2c(s1)CN(C(=O)c1ccc(-n3cccc3)cc1)CC2)C1CCC1. The lowest BCUT2D eigenvalue weighted by Crippen LogP contribution is -2.35. The van der Waals surface area contributed by atoms with E-state index in [1.54, 1.807) is 0 Å². The van der Waals surface area contributed by atoms with Crippen LogP contribution in [0, 0.1) is 5.92 Å². The van der Waals surface area contributed by atoms with E-state index < -0.39 is 0 Å². The van der Waals surface area contributed by atoms with Gasteiger partial charge in [0.15, 0.2) is 5.13 Å². The predicted molar refractivity (Wildman–Crippen MR) is 112 cm³/mol. The van der Waals surface area contributed by atoms with Gasteiger partial charge in [-0.2, -0.15) is 0 Å². The van der Waals surface area contributed by atoms with E-state index in [0.29, 0.717) is 23.8 Å². The smallest absolute Gasteiger partial charge is 0.254 e. The second-order valence-electron chi connectivity index (χ2n) is 7.62. The van der Waals surface area contributed by atoms with E-state index in [4.69, 9.17) is 0 Å². The molecule has 1 N–H and O–H groups in total. The summed E-state index contributed by atoms with van der Waals surface area (Å²) in [4.78, 5) is 32.6. The molecule has 3 aromatic rings. The fraction of sp³-hybridized carbons (Fsp3) is 0.318. The number of amides is 2.